The molecule has 1 rings (SSSR count). The number of rotatable bonds is 7. The molecule has 1 aliphatic heterocycles. The van der Waals surface area contributed by atoms with Crippen molar-refractivity contribution in [2.75, 3.05) is 26.7 Å². The first-order chi connectivity index (χ1) is 7.76. The molecule has 96 valence electrons. The zero-order valence-electron chi connectivity index (χ0n) is 11.5. The number of hydrogen-bond acceptors (Lipinski definition) is 2. The summed E-state index contributed by atoms with van der Waals surface area (Å²) in [6.07, 6.45) is 8.19. The number of likely N-dealkylation sites (N-methyl/N-ethyl adjacent to an activating group) is 1. The largest absolute Gasteiger partial charge is 0.312 e. The topological polar surface area (TPSA) is 15.3 Å². The summed E-state index contributed by atoms with van der Waals surface area (Å²) in [6.45, 7) is 8.37. The number of likely N-dealkylation sites (tertiary alicyclic amines) is 1. The third kappa shape index (κ3) is 5.31. The first kappa shape index (κ1) is 14.0. The third-order valence-electron chi connectivity index (χ3n) is 3.86. The van der Waals surface area contributed by atoms with Gasteiger partial charge in [-0.25, -0.2) is 0 Å². The predicted octanol–water partition coefficient (Wildman–Crippen LogP) is 2.89. The molecule has 0 saturated carbocycles. The van der Waals surface area contributed by atoms with Crippen molar-refractivity contribution in [3.05, 3.63) is 0 Å². The maximum atomic E-state index is 3.77. The Morgan fingerprint density at radius 2 is 2.19 bits per heavy atom. The van der Waals surface area contributed by atoms with E-state index in [0.29, 0.717) is 0 Å². The lowest BCUT2D eigenvalue weighted by atomic mass is 9.98. The fraction of sp³-hybridized carbons (Fsp3) is 1.00. The van der Waals surface area contributed by atoms with E-state index < -0.39 is 0 Å². The molecular formula is C14H30N2. The second-order valence-electron chi connectivity index (χ2n) is 5.43. The molecule has 0 aliphatic carbocycles. The summed E-state index contributed by atoms with van der Waals surface area (Å²) in [5, 5.41) is 3.77. The smallest absolute Gasteiger partial charge is 0.0195 e. The van der Waals surface area contributed by atoms with Crippen LogP contribution in [-0.4, -0.2) is 37.6 Å². The lowest BCUT2D eigenvalue weighted by molar-refractivity contribution is 0.220. The van der Waals surface area contributed by atoms with Crippen LogP contribution in [0.25, 0.3) is 0 Å². The van der Waals surface area contributed by atoms with Gasteiger partial charge in [-0.1, -0.05) is 33.1 Å². The normalized spacial score (nSPS) is 24.6. The molecule has 0 aromatic rings. The minimum Gasteiger partial charge on any atom is -0.312 e. The van der Waals surface area contributed by atoms with E-state index >= 15 is 0 Å². The zero-order chi connectivity index (χ0) is 11.8. The van der Waals surface area contributed by atoms with Gasteiger partial charge in [0.1, 0.15) is 0 Å². The number of nitrogens with zero attached hydrogens (tertiary/aromatic N) is 1. The van der Waals surface area contributed by atoms with Gasteiger partial charge in [-0.2, -0.15) is 0 Å². The van der Waals surface area contributed by atoms with Gasteiger partial charge in [-0.3, -0.25) is 0 Å². The monoisotopic (exact) mass is 226 g/mol. The van der Waals surface area contributed by atoms with Gasteiger partial charge in [0.15, 0.2) is 0 Å². The molecule has 16 heavy (non-hydrogen) atoms. The minimum absolute atomic E-state index is 0.745. The highest BCUT2D eigenvalue weighted by atomic mass is 15.1. The Hall–Kier alpha value is -0.0800. The molecule has 1 aliphatic rings. The van der Waals surface area contributed by atoms with Crippen LogP contribution in [0.2, 0.25) is 0 Å². The zero-order valence-corrected chi connectivity index (χ0v) is 11.5. The number of unbranched alkanes of at least 4 members (excludes halogenated alkanes) is 1. The second kappa shape index (κ2) is 8.08. The standard InChI is InChI=1S/C14H30N2/c1-4-6-8-13(5-2)11-15-14-9-7-10-16(3)12-14/h13-15H,4-12H2,1-3H3. The summed E-state index contributed by atoms with van der Waals surface area (Å²) in [6, 6.07) is 0.745. The van der Waals surface area contributed by atoms with Crippen molar-refractivity contribution in [1.29, 1.82) is 0 Å². The summed E-state index contributed by atoms with van der Waals surface area (Å²) in [5.41, 5.74) is 0. The molecule has 0 spiro atoms. The molecule has 1 fully saturated rings. The number of nitrogens with one attached hydrogen (secondary N) is 1. The fourth-order valence-electron chi connectivity index (χ4n) is 2.61. The van der Waals surface area contributed by atoms with Gasteiger partial charge in [0, 0.05) is 12.6 Å². The highest BCUT2D eigenvalue weighted by Crippen LogP contribution is 2.13. The van der Waals surface area contributed by atoms with Crippen LogP contribution in [0.5, 0.6) is 0 Å². The number of piperidine rings is 1. The van der Waals surface area contributed by atoms with E-state index in [2.05, 4.69) is 31.1 Å². The lowest BCUT2D eigenvalue weighted by Gasteiger charge is -2.31. The Morgan fingerprint density at radius 3 is 2.81 bits per heavy atom. The van der Waals surface area contributed by atoms with E-state index in [1.54, 1.807) is 0 Å². The Kier molecular flexibility index (Phi) is 7.06. The van der Waals surface area contributed by atoms with E-state index in [0.717, 1.165) is 12.0 Å². The van der Waals surface area contributed by atoms with Gasteiger partial charge < -0.3 is 10.2 Å². The molecule has 0 amide bonds. The van der Waals surface area contributed by atoms with E-state index in [4.69, 9.17) is 0 Å². The Bertz CT molecular complexity index is 170. The van der Waals surface area contributed by atoms with Gasteiger partial charge >= 0.3 is 0 Å². The van der Waals surface area contributed by atoms with Gasteiger partial charge in [0.25, 0.3) is 0 Å². The molecule has 0 aromatic carbocycles. The summed E-state index contributed by atoms with van der Waals surface area (Å²) in [5.74, 6) is 0.896. The molecule has 0 bridgehead atoms. The molecular weight excluding hydrogens is 196 g/mol. The molecule has 1 saturated heterocycles. The second-order valence-corrected chi connectivity index (χ2v) is 5.43. The molecule has 2 unspecified atom stereocenters. The Labute approximate surface area is 102 Å². The van der Waals surface area contributed by atoms with Gasteiger partial charge in [0.05, 0.1) is 0 Å². The van der Waals surface area contributed by atoms with E-state index in [9.17, 15) is 0 Å². The van der Waals surface area contributed by atoms with Crippen LogP contribution in [0.4, 0.5) is 0 Å². The van der Waals surface area contributed by atoms with Crippen LogP contribution in [0.1, 0.15) is 52.4 Å². The van der Waals surface area contributed by atoms with Crippen LogP contribution in [0.3, 0.4) is 0 Å². The molecule has 0 aromatic heterocycles. The maximum absolute atomic E-state index is 3.77. The van der Waals surface area contributed by atoms with Crippen molar-refractivity contribution < 1.29 is 0 Å². The summed E-state index contributed by atoms with van der Waals surface area (Å²) >= 11 is 0. The van der Waals surface area contributed by atoms with E-state index in [1.165, 1.54) is 58.2 Å². The average molecular weight is 226 g/mol. The molecule has 0 radical (unpaired) electrons. The molecule has 1 heterocycles. The van der Waals surface area contributed by atoms with Crippen LogP contribution >= 0.6 is 0 Å². The third-order valence-corrected chi connectivity index (χ3v) is 3.86. The van der Waals surface area contributed by atoms with Crippen molar-refractivity contribution in [1.82, 2.24) is 10.2 Å². The van der Waals surface area contributed by atoms with Crippen molar-refractivity contribution in [2.24, 2.45) is 5.92 Å². The molecule has 2 heteroatoms. The highest BCUT2D eigenvalue weighted by molar-refractivity contribution is 4.77. The van der Waals surface area contributed by atoms with Crippen molar-refractivity contribution >= 4 is 0 Å². The van der Waals surface area contributed by atoms with Crippen molar-refractivity contribution in [3.8, 4) is 0 Å². The molecule has 2 atom stereocenters. The summed E-state index contributed by atoms with van der Waals surface area (Å²) in [7, 11) is 2.24. The van der Waals surface area contributed by atoms with Crippen molar-refractivity contribution in [3.63, 3.8) is 0 Å². The quantitative estimate of drug-likeness (QED) is 0.718. The summed E-state index contributed by atoms with van der Waals surface area (Å²) < 4.78 is 0. The maximum Gasteiger partial charge on any atom is 0.0195 e. The fourth-order valence-corrected chi connectivity index (χ4v) is 2.61. The lowest BCUT2D eigenvalue weighted by Crippen LogP contribution is -2.45. The van der Waals surface area contributed by atoms with E-state index in [-0.39, 0.29) is 0 Å². The van der Waals surface area contributed by atoms with Gasteiger partial charge in [0.2, 0.25) is 0 Å². The predicted molar refractivity (Wildman–Crippen MR) is 71.8 cm³/mol. The van der Waals surface area contributed by atoms with Crippen molar-refractivity contribution in [2.45, 2.75) is 58.4 Å². The minimum atomic E-state index is 0.745. The van der Waals surface area contributed by atoms with Crippen LogP contribution in [0, 0.1) is 5.92 Å². The Balaban J connectivity index is 2.15. The highest BCUT2D eigenvalue weighted by Gasteiger charge is 2.17. The van der Waals surface area contributed by atoms with E-state index in [1.807, 2.05) is 0 Å². The van der Waals surface area contributed by atoms with Crippen LogP contribution < -0.4 is 5.32 Å². The number of hydrogen-bond donors (Lipinski definition) is 1. The molecule has 1 N–H and O–H groups in total. The first-order valence-electron chi connectivity index (χ1n) is 7.18. The SMILES string of the molecule is CCCCC(CC)CNC1CCCN(C)C1. The van der Waals surface area contributed by atoms with Crippen LogP contribution in [0.15, 0.2) is 0 Å². The van der Waals surface area contributed by atoms with Gasteiger partial charge in [-0.05, 0) is 45.3 Å². The average Bonchev–Trinajstić information content (AvgIpc) is 2.29. The molecule has 2 nitrogen and oxygen atoms in total. The first-order valence-corrected chi connectivity index (χ1v) is 7.18. The van der Waals surface area contributed by atoms with Crippen LogP contribution in [-0.2, 0) is 0 Å². The summed E-state index contributed by atoms with van der Waals surface area (Å²) in [4.78, 5) is 2.45. The van der Waals surface area contributed by atoms with Gasteiger partial charge in [-0.15, -0.1) is 0 Å². The Morgan fingerprint density at radius 1 is 1.38 bits per heavy atom.